The number of nitrogens with one attached hydrogen (secondary N) is 2. The summed E-state index contributed by atoms with van der Waals surface area (Å²) in [7, 11) is 3.47. The molecule has 0 spiro atoms. The normalized spacial score (nSPS) is 12.5. The number of amides is 2. The van der Waals surface area contributed by atoms with Gasteiger partial charge in [0.25, 0.3) is 11.8 Å². The maximum absolute atomic E-state index is 12.7. The Morgan fingerprint density at radius 2 is 1.72 bits per heavy atom. The number of quaternary nitrogens is 1. The largest absolute Gasteiger partial charge is 0.497 e. The van der Waals surface area contributed by atoms with Crippen LogP contribution in [0.25, 0.3) is 10.8 Å². The minimum absolute atomic E-state index is 0.0280. The van der Waals surface area contributed by atoms with Crippen molar-refractivity contribution in [2.45, 2.75) is 39.8 Å². The van der Waals surface area contributed by atoms with Gasteiger partial charge in [0.1, 0.15) is 5.75 Å². The number of methoxy groups -OCH3 is 1. The highest BCUT2D eigenvalue weighted by Crippen LogP contribution is 2.22. The molecule has 0 aliphatic carbocycles. The number of hydrogen-bond acceptors (Lipinski definition) is 3. The fourth-order valence-electron chi connectivity index (χ4n) is 3.21. The zero-order valence-electron chi connectivity index (χ0n) is 18.5. The average molecular weight is 401 g/mol. The highest BCUT2D eigenvalue weighted by molar-refractivity contribution is 5.85. The van der Waals surface area contributed by atoms with E-state index in [2.05, 4.69) is 11.4 Å². The molecular weight excluding hydrogens is 366 g/mol. The van der Waals surface area contributed by atoms with Crippen molar-refractivity contribution in [2.24, 2.45) is 0 Å². The van der Waals surface area contributed by atoms with E-state index < -0.39 is 0 Å². The second kappa shape index (κ2) is 9.74. The van der Waals surface area contributed by atoms with Gasteiger partial charge in [-0.3, -0.25) is 9.59 Å². The molecule has 0 saturated heterocycles. The van der Waals surface area contributed by atoms with Crippen LogP contribution in [0.1, 0.15) is 33.3 Å². The van der Waals surface area contributed by atoms with Crippen LogP contribution in [0.5, 0.6) is 5.75 Å². The van der Waals surface area contributed by atoms with Crippen molar-refractivity contribution in [1.82, 2.24) is 10.2 Å². The SMILES string of the molecule is CC[NH+](CC(=O)NC(C)(C)C)CC(=O)N(C)Cc1ccc2cc(OC)ccc2c1. The maximum Gasteiger partial charge on any atom is 0.277 e. The number of carbonyl (C=O) groups excluding carboxylic acids is 2. The summed E-state index contributed by atoms with van der Waals surface area (Å²) >= 11 is 0. The molecule has 2 aromatic rings. The van der Waals surface area contributed by atoms with Gasteiger partial charge in [-0.25, -0.2) is 0 Å². The van der Waals surface area contributed by atoms with Gasteiger partial charge >= 0.3 is 0 Å². The Balaban J connectivity index is 1.96. The summed E-state index contributed by atoms with van der Waals surface area (Å²) in [6.45, 7) is 9.70. The van der Waals surface area contributed by atoms with E-state index in [4.69, 9.17) is 4.74 Å². The van der Waals surface area contributed by atoms with Gasteiger partial charge in [-0.2, -0.15) is 0 Å². The molecule has 0 aliphatic heterocycles. The highest BCUT2D eigenvalue weighted by atomic mass is 16.5. The van der Waals surface area contributed by atoms with Gasteiger partial charge in [0.2, 0.25) is 0 Å². The minimum atomic E-state index is -0.267. The van der Waals surface area contributed by atoms with Crippen molar-refractivity contribution in [3.05, 3.63) is 42.0 Å². The van der Waals surface area contributed by atoms with E-state index in [9.17, 15) is 9.59 Å². The highest BCUT2D eigenvalue weighted by Gasteiger charge is 2.22. The first-order valence-electron chi connectivity index (χ1n) is 10.1. The van der Waals surface area contributed by atoms with E-state index in [1.807, 2.05) is 65.1 Å². The molecule has 1 unspecified atom stereocenters. The molecule has 0 saturated carbocycles. The summed E-state index contributed by atoms with van der Waals surface area (Å²) in [6, 6.07) is 12.1. The summed E-state index contributed by atoms with van der Waals surface area (Å²) in [5.41, 5.74) is 0.804. The summed E-state index contributed by atoms with van der Waals surface area (Å²) in [5, 5.41) is 5.18. The van der Waals surface area contributed by atoms with Gasteiger partial charge in [-0.05, 0) is 62.2 Å². The van der Waals surface area contributed by atoms with Crippen LogP contribution in [0.3, 0.4) is 0 Å². The van der Waals surface area contributed by atoms with Crippen LogP contribution >= 0.6 is 0 Å². The number of nitrogens with zero attached hydrogens (tertiary/aromatic N) is 1. The van der Waals surface area contributed by atoms with Crippen LogP contribution in [0.4, 0.5) is 0 Å². The topological polar surface area (TPSA) is 63.1 Å². The Hall–Kier alpha value is -2.60. The third-order valence-electron chi connectivity index (χ3n) is 4.78. The molecule has 0 fully saturated rings. The summed E-state index contributed by atoms with van der Waals surface area (Å²) in [4.78, 5) is 27.5. The molecule has 0 aromatic heterocycles. The van der Waals surface area contributed by atoms with E-state index in [-0.39, 0.29) is 17.4 Å². The van der Waals surface area contributed by atoms with Gasteiger partial charge in [0.05, 0.1) is 13.7 Å². The first-order valence-corrected chi connectivity index (χ1v) is 10.1. The van der Waals surface area contributed by atoms with Crippen LogP contribution < -0.4 is 15.0 Å². The number of rotatable bonds is 8. The van der Waals surface area contributed by atoms with Crippen molar-refractivity contribution in [3.63, 3.8) is 0 Å². The summed E-state index contributed by atoms with van der Waals surface area (Å²) in [6.07, 6.45) is 0. The molecular formula is C23H34N3O3+. The zero-order valence-corrected chi connectivity index (χ0v) is 18.5. The predicted octanol–water partition coefficient (Wildman–Crippen LogP) is 1.63. The van der Waals surface area contributed by atoms with Crippen molar-refractivity contribution >= 4 is 22.6 Å². The van der Waals surface area contributed by atoms with Crippen LogP contribution in [0.15, 0.2) is 36.4 Å². The van der Waals surface area contributed by atoms with Crippen molar-refractivity contribution < 1.29 is 19.2 Å². The van der Waals surface area contributed by atoms with Crippen LogP contribution in [-0.4, -0.2) is 56.0 Å². The fraction of sp³-hybridized carbons (Fsp3) is 0.478. The van der Waals surface area contributed by atoms with Gasteiger partial charge in [-0.15, -0.1) is 0 Å². The second-order valence-corrected chi connectivity index (χ2v) is 8.55. The Bertz CT molecular complexity index is 858. The third-order valence-corrected chi connectivity index (χ3v) is 4.78. The fourth-order valence-corrected chi connectivity index (χ4v) is 3.21. The molecule has 6 heteroatoms. The zero-order chi connectivity index (χ0) is 21.6. The lowest BCUT2D eigenvalue weighted by Crippen LogP contribution is -3.14. The van der Waals surface area contributed by atoms with Gasteiger partial charge in [0, 0.05) is 19.1 Å². The van der Waals surface area contributed by atoms with Gasteiger partial charge in [0.15, 0.2) is 13.1 Å². The molecule has 158 valence electrons. The van der Waals surface area contributed by atoms with Crippen LogP contribution in [0, 0.1) is 0 Å². The molecule has 0 bridgehead atoms. The predicted molar refractivity (Wildman–Crippen MR) is 116 cm³/mol. The van der Waals surface area contributed by atoms with Crippen LogP contribution in [0.2, 0.25) is 0 Å². The molecule has 2 amide bonds. The lowest BCUT2D eigenvalue weighted by molar-refractivity contribution is -0.882. The van der Waals surface area contributed by atoms with E-state index in [1.165, 1.54) is 0 Å². The van der Waals surface area contributed by atoms with E-state index in [0.717, 1.165) is 33.5 Å². The quantitative estimate of drug-likeness (QED) is 0.708. The molecule has 0 radical (unpaired) electrons. The molecule has 6 nitrogen and oxygen atoms in total. The monoisotopic (exact) mass is 400 g/mol. The van der Waals surface area contributed by atoms with E-state index >= 15 is 0 Å². The lowest BCUT2D eigenvalue weighted by Gasteiger charge is -2.24. The van der Waals surface area contributed by atoms with Crippen LogP contribution in [-0.2, 0) is 16.1 Å². The maximum atomic E-state index is 12.7. The number of benzene rings is 2. The lowest BCUT2D eigenvalue weighted by atomic mass is 10.1. The first kappa shape index (κ1) is 22.7. The number of ether oxygens (including phenoxy) is 1. The first-order chi connectivity index (χ1) is 13.6. The van der Waals surface area contributed by atoms with Crippen molar-refractivity contribution in [3.8, 4) is 5.75 Å². The van der Waals surface area contributed by atoms with E-state index in [1.54, 1.807) is 12.0 Å². The standard InChI is InChI=1S/C23H33N3O3/c1-7-26(15-21(27)24-23(2,3)4)16-22(28)25(5)14-17-8-9-19-13-20(29-6)11-10-18(19)12-17/h8-13H,7,14-16H2,1-6H3,(H,24,27)/p+1. The molecule has 0 aliphatic rings. The smallest absolute Gasteiger partial charge is 0.277 e. The van der Waals surface area contributed by atoms with Gasteiger partial charge < -0.3 is 19.9 Å². The Morgan fingerprint density at radius 3 is 2.34 bits per heavy atom. The molecule has 2 rings (SSSR count). The molecule has 29 heavy (non-hydrogen) atoms. The summed E-state index contributed by atoms with van der Waals surface area (Å²) < 4.78 is 5.27. The Labute approximate surface area is 173 Å². The molecule has 2 N–H and O–H groups in total. The molecule has 2 aromatic carbocycles. The van der Waals surface area contributed by atoms with E-state index in [0.29, 0.717) is 19.6 Å². The third kappa shape index (κ3) is 7.06. The van der Waals surface area contributed by atoms with Crippen molar-refractivity contribution in [2.75, 3.05) is 33.8 Å². The number of carbonyl (C=O) groups is 2. The Morgan fingerprint density at radius 1 is 1.07 bits per heavy atom. The number of hydrogen-bond donors (Lipinski definition) is 2. The number of fused-ring (bicyclic) bond motifs is 1. The second-order valence-electron chi connectivity index (χ2n) is 8.55. The number of likely N-dealkylation sites (N-methyl/N-ethyl adjacent to an activating group) is 2. The Kier molecular flexibility index (Phi) is 7.62. The summed E-state index contributed by atoms with van der Waals surface area (Å²) in [5.74, 6) is 0.825. The molecule has 0 heterocycles. The van der Waals surface area contributed by atoms with Crippen molar-refractivity contribution in [1.29, 1.82) is 0 Å². The minimum Gasteiger partial charge on any atom is -0.497 e. The van der Waals surface area contributed by atoms with Gasteiger partial charge in [-0.1, -0.05) is 18.2 Å². The molecule has 1 atom stereocenters. The average Bonchev–Trinajstić information content (AvgIpc) is 2.65.